The van der Waals surface area contributed by atoms with Crippen molar-refractivity contribution in [2.75, 3.05) is 0 Å². The zero-order chi connectivity index (χ0) is 18.8. The number of ether oxygens (including phenoxy) is 2. The van der Waals surface area contributed by atoms with Crippen molar-refractivity contribution in [2.45, 2.75) is 0 Å². The van der Waals surface area contributed by atoms with Gasteiger partial charge in [0.15, 0.2) is 0 Å². The molecule has 0 saturated carbocycles. The van der Waals surface area contributed by atoms with Crippen LogP contribution in [0.3, 0.4) is 0 Å². The molecule has 134 valence electrons. The van der Waals surface area contributed by atoms with E-state index in [1.165, 1.54) is 0 Å². The van der Waals surface area contributed by atoms with Crippen LogP contribution in [0.1, 0.15) is 0 Å². The van der Waals surface area contributed by atoms with Gasteiger partial charge < -0.3 is 9.47 Å². The average molecular weight is 739 g/mol. The smallest absolute Gasteiger partial charge is 0.246 e. The third-order valence-electron chi connectivity index (χ3n) is 2.96. The van der Waals surface area contributed by atoms with Gasteiger partial charge in [-0.2, -0.15) is 0 Å². The first-order chi connectivity index (χ1) is 12.4. The van der Waals surface area contributed by atoms with Crippen LogP contribution in [0.4, 0.5) is 0 Å². The van der Waals surface area contributed by atoms with Gasteiger partial charge in [-0.05, 0) is 125 Å². The summed E-state index contributed by atoms with van der Waals surface area (Å²) in [6, 6.07) is 8.85. The summed E-state index contributed by atoms with van der Waals surface area (Å²) in [7, 11) is 0. The highest BCUT2D eigenvalue weighted by molar-refractivity contribution is 9.15. The molecule has 3 rings (SSSR count). The van der Waals surface area contributed by atoms with Crippen molar-refractivity contribution in [2.24, 2.45) is 0 Å². The standard InChI is InChI=1S/C15H5Br6N3O2/c16-6-1-3-8(14(20)12(6)18)25-10-5-11(23-24-22-10)26-9-4-2-7(17)13(19)15(9)21/h1-5H. The number of hydrogen-bond acceptors (Lipinski definition) is 5. The van der Waals surface area contributed by atoms with E-state index in [9.17, 15) is 0 Å². The van der Waals surface area contributed by atoms with Crippen LogP contribution in [-0.4, -0.2) is 15.4 Å². The molecule has 0 aliphatic rings. The fraction of sp³-hybridized carbons (Fsp3) is 0. The van der Waals surface area contributed by atoms with Gasteiger partial charge in [0, 0.05) is 17.9 Å². The number of rotatable bonds is 4. The Balaban J connectivity index is 1.85. The summed E-state index contributed by atoms with van der Waals surface area (Å²) in [5, 5.41) is 11.5. The lowest BCUT2D eigenvalue weighted by Crippen LogP contribution is -1.97. The van der Waals surface area contributed by atoms with Gasteiger partial charge in [0.1, 0.15) is 11.5 Å². The lowest BCUT2D eigenvalue weighted by Gasteiger charge is -2.11. The van der Waals surface area contributed by atoms with Crippen molar-refractivity contribution in [1.29, 1.82) is 0 Å². The van der Waals surface area contributed by atoms with E-state index in [-0.39, 0.29) is 11.8 Å². The first kappa shape index (κ1) is 20.7. The number of aromatic nitrogens is 3. The lowest BCUT2D eigenvalue weighted by molar-refractivity contribution is 0.413. The molecular formula is C15H5Br6N3O2. The van der Waals surface area contributed by atoms with Gasteiger partial charge in [-0.3, -0.25) is 0 Å². The SMILES string of the molecule is Brc1ccc(Oc2cc(Oc3ccc(Br)c(Br)c3Br)nnn2)c(Br)c1Br. The van der Waals surface area contributed by atoms with Crippen LogP contribution in [0.25, 0.3) is 0 Å². The summed E-state index contributed by atoms with van der Waals surface area (Å²) in [6.45, 7) is 0. The molecule has 1 aromatic heterocycles. The maximum Gasteiger partial charge on any atom is 0.246 e. The number of benzene rings is 2. The van der Waals surface area contributed by atoms with Crippen molar-refractivity contribution in [3.05, 3.63) is 57.2 Å². The molecule has 1 heterocycles. The number of halogens is 6. The van der Waals surface area contributed by atoms with E-state index < -0.39 is 0 Å². The van der Waals surface area contributed by atoms with Crippen molar-refractivity contribution in [1.82, 2.24) is 15.4 Å². The molecular weight excluding hydrogens is 734 g/mol. The summed E-state index contributed by atoms with van der Waals surface area (Å²) in [5.41, 5.74) is 0. The molecule has 0 saturated heterocycles. The Labute approximate surface area is 199 Å². The van der Waals surface area contributed by atoms with E-state index in [4.69, 9.17) is 9.47 Å². The van der Waals surface area contributed by atoms with Crippen LogP contribution in [0, 0.1) is 0 Å². The average Bonchev–Trinajstić information content (AvgIpc) is 2.63. The Morgan fingerprint density at radius 2 is 1.00 bits per heavy atom. The third kappa shape index (κ3) is 4.67. The lowest BCUT2D eigenvalue weighted by atomic mass is 10.3. The normalized spacial score (nSPS) is 10.7. The number of nitrogens with zero attached hydrogens (tertiary/aromatic N) is 3. The second-order valence-electron chi connectivity index (χ2n) is 4.66. The molecule has 26 heavy (non-hydrogen) atoms. The monoisotopic (exact) mass is 733 g/mol. The van der Waals surface area contributed by atoms with Gasteiger partial charge in [0.05, 0.1) is 15.0 Å². The molecule has 0 amide bonds. The minimum Gasteiger partial charge on any atom is -0.436 e. The van der Waals surface area contributed by atoms with E-state index in [0.717, 1.165) is 26.8 Å². The molecule has 0 unspecified atom stereocenters. The predicted molar refractivity (Wildman–Crippen MR) is 119 cm³/mol. The molecule has 0 N–H and O–H groups in total. The van der Waals surface area contributed by atoms with E-state index in [1.54, 1.807) is 18.2 Å². The molecule has 0 atom stereocenters. The van der Waals surface area contributed by atoms with Crippen molar-refractivity contribution in [3.63, 3.8) is 0 Å². The minimum atomic E-state index is 0.247. The Morgan fingerprint density at radius 3 is 1.42 bits per heavy atom. The highest BCUT2D eigenvalue weighted by Crippen LogP contribution is 2.41. The molecule has 0 aliphatic carbocycles. The molecule has 11 heteroatoms. The van der Waals surface area contributed by atoms with Gasteiger partial charge in [-0.25, -0.2) is 0 Å². The number of hydrogen-bond donors (Lipinski definition) is 0. The van der Waals surface area contributed by atoms with E-state index in [2.05, 4.69) is 111 Å². The Kier molecular flexibility index (Phi) is 7.11. The molecule has 5 nitrogen and oxygen atoms in total. The maximum absolute atomic E-state index is 5.78. The van der Waals surface area contributed by atoms with Gasteiger partial charge in [-0.1, -0.05) is 10.2 Å². The molecule has 0 bridgehead atoms. The highest BCUT2D eigenvalue weighted by atomic mass is 79.9. The van der Waals surface area contributed by atoms with Gasteiger partial charge in [0.2, 0.25) is 11.8 Å². The maximum atomic E-state index is 5.78. The van der Waals surface area contributed by atoms with Crippen LogP contribution in [0.5, 0.6) is 23.3 Å². The van der Waals surface area contributed by atoms with Crippen molar-refractivity contribution >= 4 is 95.6 Å². The Bertz CT molecular complexity index is 911. The zero-order valence-corrected chi connectivity index (χ0v) is 21.8. The quantitative estimate of drug-likeness (QED) is 0.254. The van der Waals surface area contributed by atoms with Crippen molar-refractivity contribution < 1.29 is 9.47 Å². The topological polar surface area (TPSA) is 57.1 Å². The van der Waals surface area contributed by atoms with Crippen LogP contribution in [0.2, 0.25) is 0 Å². The molecule has 2 aromatic carbocycles. The second-order valence-corrected chi connectivity index (χ2v) is 9.54. The first-order valence-corrected chi connectivity index (χ1v) is 11.5. The summed E-state index contributed by atoms with van der Waals surface area (Å²) >= 11 is 20.7. The molecule has 0 aliphatic heterocycles. The van der Waals surface area contributed by atoms with Gasteiger partial charge >= 0.3 is 0 Å². The van der Waals surface area contributed by atoms with E-state index >= 15 is 0 Å². The summed E-state index contributed by atoms with van der Waals surface area (Å²) in [4.78, 5) is 0. The fourth-order valence-electron chi connectivity index (χ4n) is 1.77. The van der Waals surface area contributed by atoms with Gasteiger partial charge in [0.25, 0.3) is 0 Å². The molecule has 3 aromatic rings. The molecule has 0 fully saturated rings. The van der Waals surface area contributed by atoms with Crippen LogP contribution < -0.4 is 9.47 Å². The second kappa shape index (κ2) is 8.95. The van der Waals surface area contributed by atoms with Crippen LogP contribution in [-0.2, 0) is 0 Å². The first-order valence-electron chi connectivity index (χ1n) is 6.70. The van der Waals surface area contributed by atoms with E-state index in [0.29, 0.717) is 11.5 Å². The fourth-order valence-corrected chi connectivity index (χ4v) is 4.47. The molecule has 0 spiro atoms. The van der Waals surface area contributed by atoms with Crippen molar-refractivity contribution in [3.8, 4) is 23.3 Å². The molecule has 0 radical (unpaired) electrons. The Morgan fingerprint density at radius 1 is 0.577 bits per heavy atom. The Hall–Kier alpha value is -0.0700. The summed E-state index contributed by atoms with van der Waals surface area (Å²) < 4.78 is 16.5. The predicted octanol–water partition coefficient (Wildman–Crippen LogP) is 8.03. The summed E-state index contributed by atoms with van der Waals surface area (Å²) in [5.74, 6) is 1.63. The van der Waals surface area contributed by atoms with Crippen LogP contribution >= 0.6 is 95.6 Å². The largest absolute Gasteiger partial charge is 0.436 e. The highest BCUT2D eigenvalue weighted by Gasteiger charge is 2.14. The third-order valence-corrected chi connectivity index (χ3v) is 9.63. The minimum absolute atomic E-state index is 0.247. The van der Waals surface area contributed by atoms with Crippen LogP contribution in [0.15, 0.2) is 57.2 Å². The van der Waals surface area contributed by atoms with E-state index in [1.807, 2.05) is 12.1 Å². The summed E-state index contributed by atoms with van der Waals surface area (Å²) in [6.07, 6.45) is 0. The zero-order valence-electron chi connectivity index (χ0n) is 12.3. The van der Waals surface area contributed by atoms with Gasteiger partial charge in [-0.15, -0.1) is 0 Å².